The van der Waals surface area contributed by atoms with Crippen LogP contribution in [0.15, 0.2) is 48.5 Å². The average Bonchev–Trinajstić information content (AvgIpc) is 3.59. The van der Waals surface area contributed by atoms with E-state index >= 15 is 0 Å². The Kier molecular flexibility index (Phi) is 21.5. The van der Waals surface area contributed by atoms with Crippen LogP contribution in [0.5, 0.6) is 0 Å². The van der Waals surface area contributed by atoms with Gasteiger partial charge in [-0.05, 0) is 42.7 Å². The van der Waals surface area contributed by atoms with Crippen LogP contribution in [0.2, 0.25) is 0 Å². The lowest BCUT2D eigenvalue weighted by molar-refractivity contribution is 0.112. The average molecular weight is 503 g/mol. The Balaban J connectivity index is 0. The Hall–Kier alpha value is -2.68. The molecule has 7 heteroatoms. The van der Waals surface area contributed by atoms with Gasteiger partial charge in [0.15, 0.2) is 0 Å². The summed E-state index contributed by atoms with van der Waals surface area (Å²) in [5.41, 5.74) is 9.06. The van der Waals surface area contributed by atoms with Crippen molar-refractivity contribution in [1.29, 1.82) is 0 Å². The fraction of sp³-hybridized carbons (Fsp3) is 0.393. The van der Waals surface area contributed by atoms with E-state index in [9.17, 15) is 4.79 Å². The molecule has 192 valence electrons. The van der Waals surface area contributed by atoms with Gasteiger partial charge in [0.1, 0.15) is 6.29 Å². The maximum absolute atomic E-state index is 10.2. The van der Waals surface area contributed by atoms with Crippen molar-refractivity contribution in [2.75, 3.05) is 33.5 Å². The molecule has 2 saturated heterocycles. The van der Waals surface area contributed by atoms with Gasteiger partial charge in [-0.25, -0.2) is 0 Å². The maximum Gasteiger partial charge on any atom is 0.150 e. The third kappa shape index (κ3) is 15.0. The molecule has 6 nitrogen and oxygen atoms in total. The Labute approximate surface area is 217 Å². The Morgan fingerprint density at radius 1 is 0.971 bits per heavy atom. The number of halogens is 1. The van der Waals surface area contributed by atoms with Crippen molar-refractivity contribution in [2.24, 2.45) is 5.73 Å². The van der Waals surface area contributed by atoms with Gasteiger partial charge in [0.05, 0.1) is 13.2 Å². The number of hydrogen-bond donors (Lipinski definition) is 3. The number of benzene rings is 2. The van der Waals surface area contributed by atoms with E-state index in [0.717, 1.165) is 70.3 Å². The van der Waals surface area contributed by atoms with Gasteiger partial charge in [0.2, 0.25) is 0 Å². The highest BCUT2D eigenvalue weighted by Gasteiger charge is 2.14. The highest BCUT2D eigenvalue weighted by atomic mass is 35.5. The summed E-state index contributed by atoms with van der Waals surface area (Å²) in [6.45, 7) is 4.23. The van der Waals surface area contributed by atoms with E-state index in [1.165, 1.54) is 5.56 Å². The number of carbonyl (C=O) groups is 1. The summed E-state index contributed by atoms with van der Waals surface area (Å²) in [4.78, 5) is 10.2. The zero-order chi connectivity index (χ0) is 24.3. The SMILES string of the molecule is C.C#Cc1ccc(C=O)cc1.C#Cc1ccc(CN[C@@H]2CCOC2)cc1.CO.Cl.N[C@@H]1CCOC1. The molecule has 0 amide bonds. The summed E-state index contributed by atoms with van der Waals surface area (Å²) in [7, 11) is 1.00. The van der Waals surface area contributed by atoms with Crippen molar-refractivity contribution in [1.82, 2.24) is 5.32 Å². The van der Waals surface area contributed by atoms with E-state index in [4.69, 9.17) is 33.2 Å². The molecule has 0 bridgehead atoms. The van der Waals surface area contributed by atoms with Gasteiger partial charge in [0.25, 0.3) is 0 Å². The second kappa shape index (κ2) is 21.8. The molecule has 35 heavy (non-hydrogen) atoms. The first-order valence-electron chi connectivity index (χ1n) is 10.8. The molecular weight excluding hydrogens is 464 g/mol. The van der Waals surface area contributed by atoms with Crippen LogP contribution >= 0.6 is 12.4 Å². The number of nitrogens with two attached hydrogens (primary N) is 1. The largest absolute Gasteiger partial charge is 0.400 e. The highest BCUT2D eigenvalue weighted by Crippen LogP contribution is 2.07. The van der Waals surface area contributed by atoms with Crippen molar-refractivity contribution in [3.63, 3.8) is 0 Å². The molecule has 2 aromatic rings. The van der Waals surface area contributed by atoms with Gasteiger partial charge in [-0.1, -0.05) is 43.5 Å². The molecule has 0 unspecified atom stereocenters. The number of rotatable bonds is 4. The molecule has 2 fully saturated rings. The van der Waals surface area contributed by atoms with Crippen LogP contribution in [-0.2, 0) is 16.0 Å². The van der Waals surface area contributed by atoms with E-state index in [1.54, 1.807) is 24.3 Å². The zero-order valence-electron chi connectivity index (χ0n) is 19.6. The lowest BCUT2D eigenvalue weighted by atomic mass is 10.1. The van der Waals surface area contributed by atoms with Gasteiger partial charge < -0.3 is 25.6 Å². The van der Waals surface area contributed by atoms with E-state index in [0.29, 0.717) is 17.6 Å². The summed E-state index contributed by atoms with van der Waals surface area (Å²) in [6.07, 6.45) is 13.3. The van der Waals surface area contributed by atoms with Crippen LogP contribution in [0.1, 0.15) is 47.3 Å². The number of aliphatic hydroxyl groups excluding tert-OH is 1. The predicted molar refractivity (Wildman–Crippen MR) is 146 cm³/mol. The summed E-state index contributed by atoms with van der Waals surface area (Å²) < 4.78 is 10.2. The second-order valence-electron chi connectivity index (χ2n) is 7.29. The summed E-state index contributed by atoms with van der Waals surface area (Å²) in [6, 6.07) is 15.8. The monoisotopic (exact) mass is 502 g/mol. The lowest BCUT2D eigenvalue weighted by Crippen LogP contribution is -2.28. The van der Waals surface area contributed by atoms with Crippen molar-refractivity contribution >= 4 is 18.7 Å². The Morgan fingerprint density at radius 3 is 1.86 bits per heavy atom. The molecule has 0 spiro atoms. The van der Waals surface area contributed by atoms with Gasteiger partial charge in [-0.15, -0.1) is 25.3 Å². The van der Waals surface area contributed by atoms with E-state index < -0.39 is 0 Å². The summed E-state index contributed by atoms with van der Waals surface area (Å²) >= 11 is 0. The van der Waals surface area contributed by atoms with Crippen LogP contribution in [0, 0.1) is 24.7 Å². The van der Waals surface area contributed by atoms with Crippen LogP contribution in [-0.4, -0.2) is 57.0 Å². The molecule has 0 aromatic heterocycles. The first-order chi connectivity index (χ1) is 16.1. The minimum absolute atomic E-state index is 0. The van der Waals surface area contributed by atoms with Crippen molar-refractivity contribution in [3.8, 4) is 24.7 Å². The first-order valence-corrected chi connectivity index (χ1v) is 10.8. The van der Waals surface area contributed by atoms with Gasteiger partial charge in [0, 0.05) is 55.6 Å². The quantitative estimate of drug-likeness (QED) is 0.438. The number of aliphatic hydroxyl groups is 1. The molecule has 2 aromatic carbocycles. The number of ether oxygens (including phenoxy) is 2. The molecule has 2 heterocycles. The zero-order valence-corrected chi connectivity index (χ0v) is 20.4. The van der Waals surface area contributed by atoms with E-state index in [-0.39, 0.29) is 19.8 Å². The highest BCUT2D eigenvalue weighted by molar-refractivity contribution is 5.85. The molecular formula is C28H39ClN2O4. The second-order valence-corrected chi connectivity index (χ2v) is 7.29. The molecule has 0 radical (unpaired) electrons. The van der Waals surface area contributed by atoms with E-state index in [2.05, 4.69) is 29.3 Å². The normalized spacial score (nSPS) is 17.1. The van der Waals surface area contributed by atoms with Gasteiger partial charge >= 0.3 is 0 Å². The number of terminal acetylenes is 2. The van der Waals surface area contributed by atoms with Crippen molar-refractivity contribution in [2.45, 2.75) is 38.9 Å². The number of aldehydes is 1. The van der Waals surface area contributed by atoms with Crippen LogP contribution in [0.25, 0.3) is 0 Å². The fourth-order valence-corrected chi connectivity index (χ4v) is 2.89. The smallest absolute Gasteiger partial charge is 0.150 e. The van der Waals surface area contributed by atoms with Crippen LogP contribution in [0.4, 0.5) is 0 Å². The third-order valence-corrected chi connectivity index (χ3v) is 4.82. The van der Waals surface area contributed by atoms with Gasteiger partial charge in [-0.2, -0.15) is 0 Å². The maximum atomic E-state index is 10.2. The standard InChI is InChI=1S/C13H15NO.C9H6O.C4H9NO.CH4O.CH4.ClH/c1-2-11-3-5-12(6-4-11)9-14-13-7-8-15-10-13;1-2-8-3-5-9(7-10)6-4-8;5-4-1-2-6-3-4;1-2;;/h1,3-6,13-14H,7-10H2;1,3-7H;4H,1-3,5H2;2H,1H3;1H4;1H/t13-;;4-;;;/m1.1.../s1. The molecule has 4 rings (SSSR count). The van der Waals surface area contributed by atoms with E-state index in [1.807, 2.05) is 12.1 Å². The first kappa shape index (κ1) is 34.5. The van der Waals surface area contributed by atoms with Crippen molar-refractivity contribution < 1.29 is 19.4 Å². The van der Waals surface area contributed by atoms with Crippen LogP contribution < -0.4 is 11.1 Å². The predicted octanol–water partition coefficient (Wildman–Crippen LogP) is 3.43. The molecule has 0 saturated carbocycles. The number of carbonyl (C=O) groups excluding carboxylic acids is 1. The summed E-state index contributed by atoms with van der Waals surface area (Å²) in [5, 5.41) is 10.5. The summed E-state index contributed by atoms with van der Waals surface area (Å²) in [5.74, 6) is 5.07. The Morgan fingerprint density at radius 2 is 1.49 bits per heavy atom. The minimum Gasteiger partial charge on any atom is -0.400 e. The fourth-order valence-electron chi connectivity index (χ4n) is 2.89. The third-order valence-electron chi connectivity index (χ3n) is 4.82. The lowest BCUT2D eigenvalue weighted by Gasteiger charge is -2.10. The van der Waals surface area contributed by atoms with Gasteiger partial charge in [-0.3, -0.25) is 4.79 Å². The minimum atomic E-state index is 0. The molecule has 2 atom stereocenters. The molecule has 0 aliphatic carbocycles. The van der Waals surface area contributed by atoms with Crippen molar-refractivity contribution in [3.05, 3.63) is 70.8 Å². The number of nitrogens with one attached hydrogen (secondary N) is 1. The molecule has 4 N–H and O–H groups in total. The molecule has 2 aliphatic rings. The van der Waals surface area contributed by atoms with Crippen LogP contribution in [0.3, 0.4) is 0 Å². The number of hydrogen-bond acceptors (Lipinski definition) is 6. The topological polar surface area (TPSA) is 93.8 Å². The Bertz CT molecular complexity index is 862. The molecule has 2 aliphatic heterocycles.